The number of rotatable bonds is 10. The Morgan fingerprint density at radius 2 is 1.62 bits per heavy atom. The molecule has 9 nitrogen and oxygen atoms in total. The minimum Gasteiger partial charge on any atom is -0.493 e. The highest BCUT2D eigenvalue weighted by Gasteiger charge is 2.26. The SMILES string of the molecule is COc1cc(C(C)NC(=O)CCc2ccc(S(=O)(=O)N3CCOCC3)cc2)cc(OC)c1OC. The number of morpholine rings is 1. The topological polar surface area (TPSA) is 103 Å². The summed E-state index contributed by atoms with van der Waals surface area (Å²) in [7, 11) is 1.10. The number of carbonyl (C=O) groups is 1. The summed E-state index contributed by atoms with van der Waals surface area (Å²) in [4.78, 5) is 12.8. The van der Waals surface area contributed by atoms with Crippen LogP contribution in [0.15, 0.2) is 41.3 Å². The van der Waals surface area contributed by atoms with Gasteiger partial charge in [0, 0.05) is 19.5 Å². The van der Waals surface area contributed by atoms with E-state index < -0.39 is 10.0 Å². The molecule has 34 heavy (non-hydrogen) atoms. The van der Waals surface area contributed by atoms with E-state index in [1.165, 1.54) is 11.4 Å². The first kappa shape index (κ1) is 25.8. The Morgan fingerprint density at radius 3 is 2.15 bits per heavy atom. The van der Waals surface area contributed by atoms with Gasteiger partial charge in [0.1, 0.15) is 0 Å². The molecule has 186 valence electrons. The minimum absolute atomic E-state index is 0.119. The van der Waals surface area contributed by atoms with Crippen LogP contribution < -0.4 is 19.5 Å². The third kappa shape index (κ3) is 5.99. The zero-order valence-electron chi connectivity index (χ0n) is 20.0. The van der Waals surface area contributed by atoms with Crippen molar-refractivity contribution in [3.8, 4) is 17.2 Å². The van der Waals surface area contributed by atoms with Crippen LogP contribution in [-0.4, -0.2) is 66.3 Å². The first-order valence-corrected chi connectivity index (χ1v) is 12.5. The molecular formula is C24H32N2O7S. The van der Waals surface area contributed by atoms with Crippen LogP contribution in [0.4, 0.5) is 0 Å². The summed E-state index contributed by atoms with van der Waals surface area (Å²) in [5.74, 6) is 1.41. The number of aryl methyl sites for hydroxylation is 1. The smallest absolute Gasteiger partial charge is 0.243 e. The molecule has 0 radical (unpaired) electrons. The van der Waals surface area contributed by atoms with Gasteiger partial charge in [0.15, 0.2) is 11.5 Å². The van der Waals surface area contributed by atoms with Gasteiger partial charge in [-0.2, -0.15) is 4.31 Å². The van der Waals surface area contributed by atoms with Crippen molar-refractivity contribution in [2.75, 3.05) is 47.6 Å². The number of benzene rings is 2. The summed E-state index contributed by atoms with van der Waals surface area (Å²) in [6.07, 6.45) is 0.760. The Labute approximate surface area is 201 Å². The second-order valence-corrected chi connectivity index (χ2v) is 9.85. The predicted molar refractivity (Wildman–Crippen MR) is 127 cm³/mol. The van der Waals surface area contributed by atoms with Crippen LogP contribution in [0, 0.1) is 0 Å². The van der Waals surface area contributed by atoms with Crippen LogP contribution in [-0.2, 0) is 26.0 Å². The maximum absolute atomic E-state index is 12.7. The molecule has 10 heteroatoms. The first-order chi connectivity index (χ1) is 16.3. The molecule has 1 amide bonds. The lowest BCUT2D eigenvalue weighted by Crippen LogP contribution is -2.40. The number of amides is 1. The average molecular weight is 493 g/mol. The van der Waals surface area contributed by atoms with Gasteiger partial charge < -0.3 is 24.3 Å². The maximum Gasteiger partial charge on any atom is 0.243 e. The second-order valence-electron chi connectivity index (χ2n) is 7.91. The molecule has 1 heterocycles. The van der Waals surface area contributed by atoms with E-state index in [0.717, 1.165) is 11.1 Å². The molecule has 1 aliphatic rings. The zero-order chi connectivity index (χ0) is 24.7. The molecule has 0 bridgehead atoms. The Morgan fingerprint density at radius 1 is 1.03 bits per heavy atom. The molecular weight excluding hydrogens is 460 g/mol. The summed E-state index contributed by atoms with van der Waals surface area (Å²) in [6.45, 7) is 3.40. The summed E-state index contributed by atoms with van der Waals surface area (Å²) in [5, 5.41) is 2.98. The van der Waals surface area contributed by atoms with Crippen molar-refractivity contribution in [2.24, 2.45) is 0 Å². The van der Waals surface area contributed by atoms with E-state index in [-0.39, 0.29) is 23.3 Å². The number of carbonyl (C=O) groups excluding carboxylic acids is 1. The number of ether oxygens (including phenoxy) is 4. The summed E-state index contributed by atoms with van der Waals surface area (Å²) < 4.78 is 48.2. The zero-order valence-corrected chi connectivity index (χ0v) is 20.8. The molecule has 3 rings (SSSR count). The van der Waals surface area contributed by atoms with Gasteiger partial charge in [-0.3, -0.25) is 4.79 Å². The van der Waals surface area contributed by atoms with Crippen LogP contribution in [0.5, 0.6) is 17.2 Å². The second kappa shape index (κ2) is 11.5. The van der Waals surface area contributed by atoms with Crippen molar-refractivity contribution in [3.63, 3.8) is 0 Å². The van der Waals surface area contributed by atoms with Crippen molar-refractivity contribution in [1.82, 2.24) is 9.62 Å². The van der Waals surface area contributed by atoms with Gasteiger partial charge in [-0.05, 0) is 48.7 Å². The summed E-state index contributed by atoms with van der Waals surface area (Å²) >= 11 is 0. The fourth-order valence-electron chi connectivity index (χ4n) is 3.77. The fraction of sp³-hybridized carbons (Fsp3) is 0.458. The number of hydrogen-bond donors (Lipinski definition) is 1. The molecule has 0 saturated carbocycles. The normalized spacial score (nSPS) is 15.4. The third-order valence-corrected chi connectivity index (χ3v) is 7.65. The van der Waals surface area contributed by atoms with Crippen LogP contribution in [0.1, 0.15) is 30.5 Å². The number of hydrogen-bond acceptors (Lipinski definition) is 7. The van der Waals surface area contributed by atoms with E-state index in [1.807, 2.05) is 6.92 Å². The predicted octanol–water partition coefficient (Wildman–Crippen LogP) is 2.54. The third-order valence-electron chi connectivity index (χ3n) is 5.74. The molecule has 1 N–H and O–H groups in total. The maximum atomic E-state index is 12.7. The number of methoxy groups -OCH3 is 3. The van der Waals surface area contributed by atoms with E-state index in [0.29, 0.717) is 50.0 Å². The van der Waals surface area contributed by atoms with Crippen molar-refractivity contribution in [3.05, 3.63) is 47.5 Å². The lowest BCUT2D eigenvalue weighted by atomic mass is 10.1. The molecule has 2 aromatic carbocycles. The van der Waals surface area contributed by atoms with Gasteiger partial charge in [0.2, 0.25) is 21.7 Å². The van der Waals surface area contributed by atoms with Gasteiger partial charge in [0.25, 0.3) is 0 Å². The number of sulfonamides is 1. The van der Waals surface area contributed by atoms with Crippen molar-refractivity contribution >= 4 is 15.9 Å². The van der Waals surface area contributed by atoms with Crippen LogP contribution in [0.3, 0.4) is 0 Å². The van der Waals surface area contributed by atoms with E-state index in [2.05, 4.69) is 5.32 Å². The van der Waals surface area contributed by atoms with E-state index in [4.69, 9.17) is 18.9 Å². The molecule has 1 fully saturated rings. The van der Waals surface area contributed by atoms with Gasteiger partial charge in [-0.25, -0.2) is 8.42 Å². The van der Waals surface area contributed by atoms with E-state index >= 15 is 0 Å². The minimum atomic E-state index is -3.53. The van der Waals surface area contributed by atoms with Gasteiger partial charge in [-0.15, -0.1) is 0 Å². The number of nitrogens with zero attached hydrogens (tertiary/aromatic N) is 1. The Balaban J connectivity index is 1.59. The summed E-state index contributed by atoms with van der Waals surface area (Å²) in [6, 6.07) is 10.0. The average Bonchev–Trinajstić information content (AvgIpc) is 2.87. The Kier molecular flexibility index (Phi) is 8.76. The van der Waals surface area contributed by atoms with E-state index in [1.54, 1.807) is 50.6 Å². The Hall–Kier alpha value is -2.82. The van der Waals surface area contributed by atoms with Crippen molar-refractivity contribution in [1.29, 1.82) is 0 Å². The number of nitrogens with one attached hydrogen (secondary N) is 1. The molecule has 0 aromatic heterocycles. The quantitative estimate of drug-likeness (QED) is 0.544. The van der Waals surface area contributed by atoms with Gasteiger partial charge in [0.05, 0.1) is 45.5 Å². The molecule has 2 aromatic rings. The highest BCUT2D eigenvalue weighted by molar-refractivity contribution is 7.89. The van der Waals surface area contributed by atoms with Gasteiger partial charge in [-0.1, -0.05) is 12.1 Å². The van der Waals surface area contributed by atoms with Crippen molar-refractivity contribution in [2.45, 2.75) is 30.7 Å². The van der Waals surface area contributed by atoms with Crippen LogP contribution in [0.25, 0.3) is 0 Å². The lowest BCUT2D eigenvalue weighted by molar-refractivity contribution is -0.121. The van der Waals surface area contributed by atoms with Gasteiger partial charge >= 0.3 is 0 Å². The highest BCUT2D eigenvalue weighted by Crippen LogP contribution is 2.39. The highest BCUT2D eigenvalue weighted by atomic mass is 32.2. The molecule has 0 aliphatic carbocycles. The molecule has 1 atom stereocenters. The molecule has 0 spiro atoms. The summed E-state index contributed by atoms with van der Waals surface area (Å²) in [5.41, 5.74) is 1.71. The Bertz CT molecular complexity index is 1060. The lowest BCUT2D eigenvalue weighted by Gasteiger charge is -2.26. The molecule has 1 saturated heterocycles. The van der Waals surface area contributed by atoms with Crippen molar-refractivity contribution < 1.29 is 32.2 Å². The molecule has 1 aliphatic heterocycles. The standard InChI is InChI=1S/C24H32N2O7S/c1-17(19-15-21(30-2)24(32-4)22(16-19)31-3)25-23(27)10-7-18-5-8-20(9-6-18)34(28,29)26-11-13-33-14-12-26/h5-6,8-9,15-17H,7,10-14H2,1-4H3,(H,25,27). The monoisotopic (exact) mass is 492 g/mol. The largest absolute Gasteiger partial charge is 0.493 e. The first-order valence-electron chi connectivity index (χ1n) is 11.1. The fourth-order valence-corrected chi connectivity index (χ4v) is 5.18. The van der Waals surface area contributed by atoms with Crippen LogP contribution in [0.2, 0.25) is 0 Å². The van der Waals surface area contributed by atoms with E-state index in [9.17, 15) is 13.2 Å². The van der Waals surface area contributed by atoms with Crippen LogP contribution >= 0.6 is 0 Å². The molecule has 1 unspecified atom stereocenters.